The number of hydrogen-bond donors (Lipinski definition) is 1. The van der Waals surface area contributed by atoms with Crippen LogP contribution in [-0.4, -0.2) is 20.8 Å². The molecular formula is C11H16N2O2. The zero-order valence-electron chi connectivity index (χ0n) is 8.78. The van der Waals surface area contributed by atoms with E-state index in [1.54, 1.807) is 0 Å². The zero-order chi connectivity index (χ0) is 10.3. The van der Waals surface area contributed by atoms with E-state index in [0.717, 1.165) is 31.5 Å². The van der Waals surface area contributed by atoms with Gasteiger partial charge in [-0.15, -0.1) is 0 Å². The minimum Gasteiger partial charge on any atom is -0.389 e. The van der Waals surface area contributed by atoms with Crippen LogP contribution in [0, 0.1) is 0 Å². The number of nitrogens with zero attached hydrogens (tertiary/aromatic N) is 2. The molecule has 1 aromatic rings. The SMILES string of the molecule is OC1(Cc2nc(C3CC3)no2)CCCC1. The average molecular weight is 208 g/mol. The lowest BCUT2D eigenvalue weighted by atomic mass is 9.98. The molecule has 0 spiro atoms. The van der Waals surface area contributed by atoms with Crippen molar-refractivity contribution in [1.82, 2.24) is 10.1 Å². The molecule has 4 heteroatoms. The highest BCUT2D eigenvalue weighted by molar-refractivity contribution is 5.04. The van der Waals surface area contributed by atoms with Crippen LogP contribution in [0.1, 0.15) is 56.2 Å². The summed E-state index contributed by atoms with van der Waals surface area (Å²) in [6.07, 6.45) is 6.86. The fraction of sp³-hybridized carbons (Fsp3) is 0.818. The van der Waals surface area contributed by atoms with Crippen LogP contribution in [0.3, 0.4) is 0 Å². The molecule has 0 aromatic carbocycles. The molecule has 2 aliphatic carbocycles. The summed E-state index contributed by atoms with van der Waals surface area (Å²) in [5, 5.41) is 14.1. The first-order valence-corrected chi connectivity index (χ1v) is 5.80. The molecule has 2 fully saturated rings. The first-order chi connectivity index (χ1) is 7.25. The van der Waals surface area contributed by atoms with Gasteiger partial charge in [-0.1, -0.05) is 18.0 Å². The van der Waals surface area contributed by atoms with Crippen molar-refractivity contribution in [1.29, 1.82) is 0 Å². The van der Waals surface area contributed by atoms with Gasteiger partial charge in [0.05, 0.1) is 12.0 Å². The molecule has 3 rings (SSSR count). The van der Waals surface area contributed by atoms with Crippen LogP contribution in [0.25, 0.3) is 0 Å². The topological polar surface area (TPSA) is 59.2 Å². The van der Waals surface area contributed by atoms with Crippen LogP contribution in [0.5, 0.6) is 0 Å². The van der Waals surface area contributed by atoms with Gasteiger partial charge in [0.15, 0.2) is 5.82 Å². The summed E-state index contributed by atoms with van der Waals surface area (Å²) < 4.78 is 5.17. The second kappa shape index (κ2) is 3.30. The summed E-state index contributed by atoms with van der Waals surface area (Å²) in [5.41, 5.74) is -0.576. The number of aromatic nitrogens is 2. The van der Waals surface area contributed by atoms with Gasteiger partial charge in [0.25, 0.3) is 0 Å². The Labute approximate surface area is 88.7 Å². The minimum absolute atomic E-state index is 0.528. The predicted molar refractivity (Wildman–Crippen MR) is 53.4 cm³/mol. The minimum atomic E-state index is -0.576. The molecule has 2 saturated carbocycles. The molecule has 4 nitrogen and oxygen atoms in total. The van der Waals surface area contributed by atoms with Crippen LogP contribution >= 0.6 is 0 Å². The summed E-state index contributed by atoms with van der Waals surface area (Å²) >= 11 is 0. The van der Waals surface area contributed by atoms with E-state index in [1.165, 1.54) is 12.8 Å². The van der Waals surface area contributed by atoms with Gasteiger partial charge in [-0.3, -0.25) is 0 Å². The second-order valence-corrected chi connectivity index (χ2v) is 4.93. The molecule has 0 atom stereocenters. The highest BCUT2D eigenvalue weighted by atomic mass is 16.5. The zero-order valence-corrected chi connectivity index (χ0v) is 8.78. The summed E-state index contributed by atoms with van der Waals surface area (Å²) in [6, 6.07) is 0. The molecule has 0 bridgehead atoms. The summed E-state index contributed by atoms with van der Waals surface area (Å²) in [5.74, 6) is 1.98. The lowest BCUT2D eigenvalue weighted by molar-refractivity contribution is 0.0402. The third-order valence-electron chi connectivity index (χ3n) is 3.44. The summed E-state index contributed by atoms with van der Waals surface area (Å²) in [6.45, 7) is 0. The van der Waals surface area contributed by atoms with Gasteiger partial charge >= 0.3 is 0 Å². The van der Waals surface area contributed by atoms with Crippen molar-refractivity contribution in [2.24, 2.45) is 0 Å². The van der Waals surface area contributed by atoms with Gasteiger partial charge in [0.1, 0.15) is 0 Å². The van der Waals surface area contributed by atoms with Gasteiger partial charge in [0, 0.05) is 5.92 Å². The standard InChI is InChI=1S/C11H16N2O2/c14-11(5-1-2-6-11)7-9-12-10(13-15-9)8-3-4-8/h8,14H,1-7H2. The van der Waals surface area contributed by atoms with E-state index in [9.17, 15) is 5.11 Å². The Bertz CT molecular complexity index is 351. The molecule has 0 unspecified atom stereocenters. The first kappa shape index (κ1) is 9.33. The van der Waals surface area contributed by atoms with Crippen LogP contribution < -0.4 is 0 Å². The largest absolute Gasteiger partial charge is 0.389 e. The predicted octanol–water partition coefficient (Wildman–Crippen LogP) is 1.79. The quantitative estimate of drug-likeness (QED) is 0.822. The van der Waals surface area contributed by atoms with E-state index in [1.807, 2.05) is 0 Å². The van der Waals surface area contributed by atoms with Crippen molar-refractivity contribution in [2.45, 2.75) is 56.5 Å². The highest BCUT2D eigenvalue weighted by Crippen LogP contribution is 2.38. The van der Waals surface area contributed by atoms with Gasteiger partial charge in [0.2, 0.25) is 5.89 Å². The van der Waals surface area contributed by atoms with E-state index >= 15 is 0 Å². The van der Waals surface area contributed by atoms with Gasteiger partial charge in [-0.05, 0) is 25.7 Å². The fourth-order valence-electron chi connectivity index (χ4n) is 2.34. The second-order valence-electron chi connectivity index (χ2n) is 4.93. The van der Waals surface area contributed by atoms with E-state index in [0.29, 0.717) is 18.2 Å². The summed E-state index contributed by atoms with van der Waals surface area (Å²) in [7, 11) is 0. The Morgan fingerprint density at radius 3 is 2.73 bits per heavy atom. The Morgan fingerprint density at radius 2 is 2.07 bits per heavy atom. The number of hydrogen-bond acceptors (Lipinski definition) is 4. The molecule has 1 heterocycles. The molecular weight excluding hydrogens is 192 g/mol. The Hall–Kier alpha value is -0.900. The molecule has 0 aliphatic heterocycles. The Kier molecular flexibility index (Phi) is 2.06. The van der Waals surface area contributed by atoms with Crippen LogP contribution in [0.2, 0.25) is 0 Å². The molecule has 15 heavy (non-hydrogen) atoms. The number of aliphatic hydroxyl groups is 1. The molecule has 0 radical (unpaired) electrons. The molecule has 0 saturated heterocycles. The fourth-order valence-corrected chi connectivity index (χ4v) is 2.34. The van der Waals surface area contributed by atoms with Gasteiger partial charge in [-0.25, -0.2) is 0 Å². The molecule has 2 aliphatic rings. The Morgan fingerprint density at radius 1 is 1.33 bits per heavy atom. The monoisotopic (exact) mass is 208 g/mol. The molecule has 0 amide bonds. The molecule has 1 aromatic heterocycles. The van der Waals surface area contributed by atoms with E-state index in [2.05, 4.69) is 10.1 Å². The highest BCUT2D eigenvalue weighted by Gasteiger charge is 2.34. The van der Waals surface area contributed by atoms with Crippen molar-refractivity contribution in [3.63, 3.8) is 0 Å². The Balaban J connectivity index is 1.70. The summed E-state index contributed by atoms with van der Waals surface area (Å²) in [4.78, 5) is 4.34. The van der Waals surface area contributed by atoms with Gasteiger partial charge < -0.3 is 9.63 Å². The van der Waals surface area contributed by atoms with Crippen molar-refractivity contribution in [3.05, 3.63) is 11.7 Å². The maximum absolute atomic E-state index is 10.2. The van der Waals surface area contributed by atoms with Crippen molar-refractivity contribution in [2.75, 3.05) is 0 Å². The van der Waals surface area contributed by atoms with E-state index in [-0.39, 0.29) is 0 Å². The normalized spacial score (nSPS) is 24.6. The smallest absolute Gasteiger partial charge is 0.229 e. The number of rotatable bonds is 3. The maximum atomic E-state index is 10.2. The third kappa shape index (κ3) is 1.91. The third-order valence-corrected chi connectivity index (χ3v) is 3.44. The van der Waals surface area contributed by atoms with Crippen LogP contribution in [0.4, 0.5) is 0 Å². The van der Waals surface area contributed by atoms with Crippen molar-refractivity contribution in [3.8, 4) is 0 Å². The first-order valence-electron chi connectivity index (χ1n) is 5.80. The lowest BCUT2D eigenvalue weighted by Crippen LogP contribution is -2.27. The van der Waals surface area contributed by atoms with E-state index in [4.69, 9.17) is 4.52 Å². The van der Waals surface area contributed by atoms with E-state index < -0.39 is 5.60 Å². The van der Waals surface area contributed by atoms with Gasteiger partial charge in [-0.2, -0.15) is 4.98 Å². The molecule has 1 N–H and O–H groups in total. The van der Waals surface area contributed by atoms with Crippen LogP contribution in [-0.2, 0) is 6.42 Å². The average Bonchev–Trinajstić information content (AvgIpc) is 2.83. The van der Waals surface area contributed by atoms with Crippen molar-refractivity contribution < 1.29 is 9.63 Å². The van der Waals surface area contributed by atoms with Crippen LogP contribution in [0.15, 0.2) is 4.52 Å². The van der Waals surface area contributed by atoms with Crippen molar-refractivity contribution >= 4 is 0 Å². The maximum Gasteiger partial charge on any atom is 0.229 e. The molecule has 82 valence electrons. The lowest BCUT2D eigenvalue weighted by Gasteiger charge is -2.18.